The van der Waals surface area contributed by atoms with E-state index in [9.17, 15) is 4.79 Å². The number of methoxy groups -OCH3 is 1. The SMILES string of the molecule is COc1cccc(NC(=O)OC(C)(C)C)c1NCc1ccccc1. The van der Waals surface area contributed by atoms with Gasteiger partial charge in [0.2, 0.25) is 0 Å². The zero-order chi connectivity index (χ0) is 17.6. The lowest BCUT2D eigenvalue weighted by molar-refractivity contribution is 0.0636. The van der Waals surface area contributed by atoms with Crippen molar-refractivity contribution < 1.29 is 14.3 Å². The summed E-state index contributed by atoms with van der Waals surface area (Å²) in [5.74, 6) is 0.652. The van der Waals surface area contributed by atoms with Crippen LogP contribution in [-0.2, 0) is 11.3 Å². The molecule has 0 heterocycles. The lowest BCUT2D eigenvalue weighted by Crippen LogP contribution is -2.27. The maximum Gasteiger partial charge on any atom is 0.412 e. The van der Waals surface area contributed by atoms with Crippen LogP contribution in [0.5, 0.6) is 5.75 Å². The standard InChI is InChI=1S/C19H24N2O3/c1-19(2,3)24-18(22)21-15-11-8-12-16(23-4)17(15)20-13-14-9-6-5-7-10-14/h5-12,20H,13H2,1-4H3,(H,21,22). The molecule has 2 aromatic carbocycles. The number of ether oxygens (including phenoxy) is 2. The first-order chi connectivity index (χ1) is 11.4. The number of carbonyl (C=O) groups excluding carboxylic acids is 1. The third kappa shape index (κ3) is 5.19. The molecule has 0 bridgehead atoms. The number of nitrogens with one attached hydrogen (secondary N) is 2. The number of hydrogen-bond donors (Lipinski definition) is 2. The van der Waals surface area contributed by atoms with Gasteiger partial charge in [-0.15, -0.1) is 0 Å². The Labute approximate surface area is 143 Å². The molecule has 1 amide bonds. The average Bonchev–Trinajstić information content (AvgIpc) is 2.52. The minimum Gasteiger partial charge on any atom is -0.495 e. The van der Waals surface area contributed by atoms with Gasteiger partial charge in [0.15, 0.2) is 0 Å². The summed E-state index contributed by atoms with van der Waals surface area (Å²) in [6, 6.07) is 15.5. The van der Waals surface area contributed by atoms with Gasteiger partial charge in [-0.25, -0.2) is 4.79 Å². The molecule has 5 nitrogen and oxygen atoms in total. The van der Waals surface area contributed by atoms with Crippen molar-refractivity contribution in [1.29, 1.82) is 0 Å². The molecule has 0 saturated heterocycles. The van der Waals surface area contributed by atoms with Crippen molar-refractivity contribution in [3.8, 4) is 5.75 Å². The van der Waals surface area contributed by atoms with E-state index in [0.717, 1.165) is 11.3 Å². The molecule has 0 atom stereocenters. The van der Waals surface area contributed by atoms with Gasteiger partial charge in [0.25, 0.3) is 0 Å². The Morgan fingerprint density at radius 2 is 1.75 bits per heavy atom. The van der Waals surface area contributed by atoms with Crippen LogP contribution in [0, 0.1) is 0 Å². The summed E-state index contributed by atoms with van der Waals surface area (Å²) >= 11 is 0. The molecule has 0 fully saturated rings. The van der Waals surface area contributed by atoms with Crippen molar-refractivity contribution in [2.45, 2.75) is 32.9 Å². The number of para-hydroxylation sites is 1. The van der Waals surface area contributed by atoms with Gasteiger partial charge < -0.3 is 14.8 Å². The van der Waals surface area contributed by atoms with Gasteiger partial charge in [-0.1, -0.05) is 36.4 Å². The first-order valence-corrected chi connectivity index (χ1v) is 7.84. The number of carbonyl (C=O) groups is 1. The maximum atomic E-state index is 12.1. The molecule has 0 aliphatic carbocycles. The molecule has 0 unspecified atom stereocenters. The molecule has 0 aromatic heterocycles. The lowest BCUT2D eigenvalue weighted by Gasteiger charge is -2.21. The predicted molar refractivity (Wildman–Crippen MR) is 96.6 cm³/mol. The van der Waals surface area contributed by atoms with Crippen LogP contribution in [0.2, 0.25) is 0 Å². The fourth-order valence-electron chi connectivity index (χ4n) is 2.19. The third-order valence-electron chi connectivity index (χ3n) is 3.19. The summed E-state index contributed by atoms with van der Waals surface area (Å²) in [5.41, 5.74) is 1.90. The van der Waals surface area contributed by atoms with Gasteiger partial charge in [0.05, 0.1) is 12.8 Å². The number of rotatable bonds is 5. The molecule has 0 aliphatic heterocycles. The van der Waals surface area contributed by atoms with E-state index < -0.39 is 11.7 Å². The van der Waals surface area contributed by atoms with Crippen molar-refractivity contribution in [3.05, 3.63) is 54.1 Å². The normalized spacial score (nSPS) is 10.8. The van der Waals surface area contributed by atoms with Crippen molar-refractivity contribution in [3.63, 3.8) is 0 Å². The van der Waals surface area contributed by atoms with Crippen LogP contribution < -0.4 is 15.4 Å². The molecule has 128 valence electrons. The zero-order valence-electron chi connectivity index (χ0n) is 14.6. The van der Waals surface area contributed by atoms with E-state index in [0.29, 0.717) is 18.0 Å². The highest BCUT2D eigenvalue weighted by Gasteiger charge is 2.18. The Bertz CT molecular complexity index is 679. The molecule has 0 aliphatic rings. The number of benzene rings is 2. The molecule has 2 rings (SSSR count). The molecule has 2 aromatic rings. The average molecular weight is 328 g/mol. The number of amides is 1. The van der Waals surface area contributed by atoms with Crippen LogP contribution in [0.4, 0.5) is 16.2 Å². The molecule has 5 heteroatoms. The van der Waals surface area contributed by atoms with E-state index in [1.807, 2.05) is 63.2 Å². The third-order valence-corrected chi connectivity index (χ3v) is 3.19. The first kappa shape index (κ1) is 17.7. The summed E-state index contributed by atoms with van der Waals surface area (Å²) in [4.78, 5) is 12.1. The van der Waals surface area contributed by atoms with Crippen molar-refractivity contribution >= 4 is 17.5 Å². The van der Waals surface area contributed by atoms with E-state index in [1.165, 1.54) is 0 Å². The van der Waals surface area contributed by atoms with Crippen molar-refractivity contribution in [2.75, 3.05) is 17.7 Å². The highest BCUT2D eigenvalue weighted by Crippen LogP contribution is 2.33. The van der Waals surface area contributed by atoms with Crippen LogP contribution in [0.15, 0.2) is 48.5 Å². The zero-order valence-corrected chi connectivity index (χ0v) is 14.6. The Kier molecular flexibility index (Phi) is 5.68. The largest absolute Gasteiger partial charge is 0.495 e. The topological polar surface area (TPSA) is 59.6 Å². The van der Waals surface area contributed by atoms with Crippen molar-refractivity contribution in [2.24, 2.45) is 0 Å². The van der Waals surface area contributed by atoms with E-state index in [4.69, 9.17) is 9.47 Å². The molecule has 0 saturated carbocycles. The van der Waals surface area contributed by atoms with E-state index >= 15 is 0 Å². The summed E-state index contributed by atoms with van der Waals surface area (Å²) < 4.78 is 10.7. The molecule has 24 heavy (non-hydrogen) atoms. The van der Waals surface area contributed by atoms with Crippen LogP contribution in [0.1, 0.15) is 26.3 Å². The van der Waals surface area contributed by atoms with E-state index in [2.05, 4.69) is 10.6 Å². The second-order valence-corrected chi connectivity index (χ2v) is 6.35. The Balaban J connectivity index is 2.17. The summed E-state index contributed by atoms with van der Waals surface area (Å²) in [6.45, 7) is 6.09. The fourth-order valence-corrected chi connectivity index (χ4v) is 2.19. The Hall–Kier alpha value is -2.69. The highest BCUT2D eigenvalue weighted by atomic mass is 16.6. The molecular weight excluding hydrogens is 304 g/mol. The van der Waals surface area contributed by atoms with E-state index in [1.54, 1.807) is 13.2 Å². The Morgan fingerprint density at radius 3 is 2.38 bits per heavy atom. The van der Waals surface area contributed by atoms with Crippen LogP contribution in [-0.4, -0.2) is 18.8 Å². The summed E-state index contributed by atoms with van der Waals surface area (Å²) in [7, 11) is 1.60. The minimum absolute atomic E-state index is 0.501. The van der Waals surface area contributed by atoms with Crippen LogP contribution >= 0.6 is 0 Å². The van der Waals surface area contributed by atoms with Gasteiger partial charge in [-0.3, -0.25) is 5.32 Å². The monoisotopic (exact) mass is 328 g/mol. The van der Waals surface area contributed by atoms with Gasteiger partial charge in [-0.2, -0.15) is 0 Å². The quantitative estimate of drug-likeness (QED) is 0.838. The van der Waals surface area contributed by atoms with Crippen molar-refractivity contribution in [1.82, 2.24) is 0 Å². The lowest BCUT2D eigenvalue weighted by atomic mass is 10.2. The minimum atomic E-state index is -0.555. The second kappa shape index (κ2) is 7.73. The Morgan fingerprint density at radius 1 is 1.04 bits per heavy atom. The molecular formula is C19H24N2O3. The molecule has 2 N–H and O–H groups in total. The van der Waals surface area contributed by atoms with Gasteiger partial charge >= 0.3 is 6.09 Å². The van der Waals surface area contributed by atoms with E-state index in [-0.39, 0.29) is 0 Å². The summed E-state index contributed by atoms with van der Waals surface area (Å²) in [5, 5.41) is 6.10. The fraction of sp³-hybridized carbons (Fsp3) is 0.316. The highest BCUT2D eigenvalue weighted by molar-refractivity contribution is 5.91. The number of anilines is 2. The van der Waals surface area contributed by atoms with Gasteiger partial charge in [-0.05, 0) is 38.5 Å². The van der Waals surface area contributed by atoms with Gasteiger partial charge in [0.1, 0.15) is 17.0 Å². The maximum absolute atomic E-state index is 12.1. The second-order valence-electron chi connectivity index (χ2n) is 6.35. The smallest absolute Gasteiger partial charge is 0.412 e. The van der Waals surface area contributed by atoms with Crippen LogP contribution in [0.3, 0.4) is 0 Å². The van der Waals surface area contributed by atoms with Gasteiger partial charge in [0, 0.05) is 6.54 Å². The van der Waals surface area contributed by atoms with Crippen LogP contribution in [0.25, 0.3) is 0 Å². The molecule has 0 spiro atoms. The summed E-state index contributed by atoms with van der Waals surface area (Å²) in [6.07, 6.45) is -0.501. The predicted octanol–water partition coefficient (Wildman–Crippen LogP) is 4.65. The molecule has 0 radical (unpaired) electrons. The number of hydrogen-bond acceptors (Lipinski definition) is 4. The first-order valence-electron chi connectivity index (χ1n) is 7.84.